The lowest BCUT2D eigenvalue weighted by atomic mass is 10.0. The Morgan fingerprint density at radius 3 is 2.50 bits per heavy atom. The van der Waals surface area contributed by atoms with Gasteiger partial charge in [-0.15, -0.1) is 11.3 Å². The number of nitrogens with two attached hydrogens (primary N) is 1. The molecule has 13 heteroatoms. The Kier molecular flexibility index (Phi) is 6.49. The number of fused-ring (bicyclic) bond motifs is 1. The number of amides is 2. The SMILES string of the molecule is Cc1c(-c2cc(C(F)F)nc3sc(C(N)=O)c(NC(=O)CCn4ncc(Br)c4C)c23)cnn1C. The number of nitrogens with zero attached hydrogens (tertiary/aromatic N) is 5. The van der Waals surface area contributed by atoms with Crippen molar-refractivity contribution in [2.24, 2.45) is 12.8 Å². The van der Waals surface area contributed by atoms with Gasteiger partial charge in [0.1, 0.15) is 15.4 Å². The van der Waals surface area contributed by atoms with Crippen LogP contribution >= 0.6 is 27.3 Å². The molecule has 0 bridgehead atoms. The van der Waals surface area contributed by atoms with Crippen molar-refractivity contribution in [2.75, 3.05) is 5.32 Å². The van der Waals surface area contributed by atoms with E-state index < -0.39 is 18.0 Å². The van der Waals surface area contributed by atoms with Gasteiger partial charge in [-0.25, -0.2) is 13.8 Å². The molecule has 4 aromatic rings. The number of alkyl halides is 2. The van der Waals surface area contributed by atoms with E-state index in [0.29, 0.717) is 23.1 Å². The van der Waals surface area contributed by atoms with Gasteiger partial charge in [-0.1, -0.05) is 0 Å². The average molecular weight is 552 g/mol. The van der Waals surface area contributed by atoms with Gasteiger partial charge in [-0.2, -0.15) is 10.2 Å². The van der Waals surface area contributed by atoms with Crippen LogP contribution in [0.15, 0.2) is 22.9 Å². The summed E-state index contributed by atoms with van der Waals surface area (Å²) in [7, 11) is 1.73. The highest BCUT2D eigenvalue weighted by Crippen LogP contribution is 2.43. The highest BCUT2D eigenvalue weighted by atomic mass is 79.9. The van der Waals surface area contributed by atoms with Gasteiger partial charge in [0.15, 0.2) is 0 Å². The Morgan fingerprint density at radius 1 is 1.21 bits per heavy atom. The van der Waals surface area contributed by atoms with E-state index in [2.05, 4.69) is 36.4 Å². The van der Waals surface area contributed by atoms with Gasteiger partial charge in [0.05, 0.1) is 29.1 Å². The van der Waals surface area contributed by atoms with Gasteiger partial charge in [-0.3, -0.25) is 19.0 Å². The minimum Gasteiger partial charge on any atom is -0.365 e. The molecule has 0 fully saturated rings. The second-order valence-electron chi connectivity index (χ2n) is 7.61. The van der Waals surface area contributed by atoms with E-state index in [1.165, 1.54) is 6.07 Å². The highest BCUT2D eigenvalue weighted by Gasteiger charge is 2.26. The van der Waals surface area contributed by atoms with Gasteiger partial charge in [0, 0.05) is 35.8 Å². The molecule has 2 amide bonds. The molecule has 34 heavy (non-hydrogen) atoms. The number of anilines is 1. The molecule has 4 rings (SSSR count). The summed E-state index contributed by atoms with van der Waals surface area (Å²) in [4.78, 5) is 29.3. The Hall–Kier alpha value is -3.19. The van der Waals surface area contributed by atoms with Gasteiger partial charge < -0.3 is 11.1 Å². The Labute approximate surface area is 205 Å². The lowest BCUT2D eigenvalue weighted by molar-refractivity contribution is -0.116. The maximum atomic E-state index is 13.6. The molecule has 3 N–H and O–H groups in total. The van der Waals surface area contributed by atoms with Crippen molar-refractivity contribution in [1.82, 2.24) is 24.5 Å². The van der Waals surface area contributed by atoms with E-state index in [9.17, 15) is 18.4 Å². The molecule has 0 unspecified atom stereocenters. The number of carbonyl (C=O) groups is 2. The maximum absolute atomic E-state index is 13.6. The predicted octanol–water partition coefficient (Wildman–Crippen LogP) is 4.34. The van der Waals surface area contributed by atoms with Gasteiger partial charge in [0.25, 0.3) is 12.3 Å². The van der Waals surface area contributed by atoms with E-state index >= 15 is 0 Å². The van der Waals surface area contributed by atoms with E-state index in [1.807, 2.05) is 6.92 Å². The minimum atomic E-state index is -2.83. The molecule has 0 saturated carbocycles. The molecule has 9 nitrogen and oxygen atoms in total. The first-order chi connectivity index (χ1) is 16.1. The van der Waals surface area contributed by atoms with Crippen molar-refractivity contribution < 1.29 is 18.4 Å². The van der Waals surface area contributed by atoms with Crippen LogP contribution in [0.1, 0.15) is 39.6 Å². The number of rotatable bonds is 7. The number of carbonyl (C=O) groups excluding carboxylic acids is 2. The molecule has 0 aromatic carbocycles. The van der Waals surface area contributed by atoms with Crippen LogP contribution in [0.5, 0.6) is 0 Å². The number of thiophene rings is 1. The molecule has 0 atom stereocenters. The molecular formula is C21H20BrF2N7O2S. The third kappa shape index (κ3) is 4.32. The van der Waals surface area contributed by atoms with Crippen LogP contribution in [0.3, 0.4) is 0 Å². The molecule has 0 aliphatic carbocycles. The largest absolute Gasteiger partial charge is 0.365 e. The van der Waals surface area contributed by atoms with Crippen LogP contribution in [0.25, 0.3) is 21.3 Å². The van der Waals surface area contributed by atoms with E-state index in [4.69, 9.17) is 5.73 Å². The van der Waals surface area contributed by atoms with Crippen molar-refractivity contribution in [3.63, 3.8) is 0 Å². The first-order valence-electron chi connectivity index (χ1n) is 10.1. The van der Waals surface area contributed by atoms with Crippen LogP contribution in [0, 0.1) is 13.8 Å². The first kappa shape index (κ1) is 24.0. The Bertz CT molecular complexity index is 1430. The van der Waals surface area contributed by atoms with Crippen LogP contribution in [0.4, 0.5) is 14.5 Å². The highest BCUT2D eigenvalue weighted by molar-refractivity contribution is 9.10. The topological polar surface area (TPSA) is 121 Å². The zero-order valence-electron chi connectivity index (χ0n) is 18.4. The lowest BCUT2D eigenvalue weighted by Gasteiger charge is -2.11. The van der Waals surface area contributed by atoms with Crippen LogP contribution in [0.2, 0.25) is 0 Å². The summed E-state index contributed by atoms with van der Waals surface area (Å²) in [6, 6.07) is 1.26. The molecule has 0 radical (unpaired) electrons. The van der Waals surface area contributed by atoms with Crippen LogP contribution in [-0.2, 0) is 18.4 Å². The van der Waals surface area contributed by atoms with Crippen molar-refractivity contribution in [3.8, 4) is 11.1 Å². The molecule has 0 saturated heterocycles. The average Bonchev–Trinajstić information content (AvgIpc) is 3.42. The standard InChI is InChI=1S/C21H20BrF2N7O2S/c1-9-12(7-26-30(9)3)11-6-14(19(23)24)28-21-16(11)17(18(34-21)20(25)33)29-15(32)4-5-31-10(2)13(22)8-27-31/h6-8,19H,4-5H2,1-3H3,(H2,25,33)(H,29,32). The van der Waals surface area contributed by atoms with E-state index in [0.717, 1.165) is 27.2 Å². The number of hydrogen-bond donors (Lipinski definition) is 2. The van der Waals surface area contributed by atoms with Gasteiger partial charge in [0.2, 0.25) is 5.91 Å². The summed E-state index contributed by atoms with van der Waals surface area (Å²) < 4.78 is 31.3. The number of hydrogen-bond acceptors (Lipinski definition) is 6. The number of aryl methyl sites for hydroxylation is 2. The van der Waals surface area contributed by atoms with E-state index in [-0.39, 0.29) is 27.7 Å². The van der Waals surface area contributed by atoms with Crippen molar-refractivity contribution in [1.29, 1.82) is 0 Å². The second kappa shape index (κ2) is 9.22. The number of aromatic nitrogens is 5. The summed E-state index contributed by atoms with van der Waals surface area (Å²) >= 11 is 4.24. The molecule has 0 aliphatic heterocycles. The summed E-state index contributed by atoms with van der Waals surface area (Å²) in [5, 5.41) is 11.5. The fraction of sp³-hybridized carbons (Fsp3) is 0.286. The number of pyridine rings is 1. The smallest absolute Gasteiger partial charge is 0.280 e. The molecule has 0 aliphatic rings. The fourth-order valence-electron chi connectivity index (χ4n) is 3.56. The van der Waals surface area contributed by atoms with Gasteiger partial charge >= 0.3 is 0 Å². The summed E-state index contributed by atoms with van der Waals surface area (Å²) in [5.74, 6) is -1.18. The van der Waals surface area contributed by atoms with Crippen molar-refractivity contribution in [2.45, 2.75) is 33.2 Å². The molecule has 4 heterocycles. The second-order valence-corrected chi connectivity index (χ2v) is 9.47. The zero-order valence-corrected chi connectivity index (χ0v) is 20.8. The molecule has 4 aromatic heterocycles. The lowest BCUT2D eigenvalue weighted by Crippen LogP contribution is -2.18. The molecular weight excluding hydrogens is 532 g/mol. The number of halogens is 3. The minimum absolute atomic E-state index is 0.0306. The van der Waals surface area contributed by atoms with Crippen LogP contribution in [-0.4, -0.2) is 36.4 Å². The quantitative estimate of drug-likeness (QED) is 0.354. The summed E-state index contributed by atoms with van der Waals surface area (Å²) in [5.41, 5.74) is 7.83. The third-order valence-corrected chi connectivity index (χ3v) is 7.39. The Balaban J connectivity index is 1.80. The maximum Gasteiger partial charge on any atom is 0.280 e. The van der Waals surface area contributed by atoms with Crippen molar-refractivity contribution >= 4 is 55.0 Å². The molecule has 178 valence electrons. The van der Waals surface area contributed by atoms with Gasteiger partial charge in [-0.05, 0) is 41.4 Å². The monoisotopic (exact) mass is 551 g/mol. The normalized spacial score (nSPS) is 11.5. The van der Waals surface area contributed by atoms with Crippen molar-refractivity contribution in [3.05, 3.63) is 44.9 Å². The molecule has 0 spiro atoms. The zero-order chi connectivity index (χ0) is 24.7. The van der Waals surface area contributed by atoms with E-state index in [1.54, 1.807) is 35.7 Å². The third-order valence-electron chi connectivity index (χ3n) is 5.51. The predicted molar refractivity (Wildman–Crippen MR) is 128 cm³/mol. The Morgan fingerprint density at radius 2 is 1.94 bits per heavy atom. The summed E-state index contributed by atoms with van der Waals surface area (Å²) in [6.45, 7) is 3.96. The fourth-order valence-corrected chi connectivity index (χ4v) is 4.87. The summed E-state index contributed by atoms with van der Waals surface area (Å²) in [6.07, 6.45) is 0.424. The first-order valence-corrected chi connectivity index (χ1v) is 11.7. The number of nitrogens with one attached hydrogen (secondary N) is 1. The van der Waals surface area contributed by atoms with Crippen LogP contribution < -0.4 is 11.1 Å². The number of primary amides is 1.